The average Bonchev–Trinajstić information content (AvgIpc) is 2.58. The molecule has 1 aromatic rings. The highest BCUT2D eigenvalue weighted by Gasteiger charge is 2.27. The number of carbonyl (C=O) groups excluding carboxylic acids is 2. The zero-order chi connectivity index (χ0) is 11.0. The standard InChI is InChI=1S/C11H12O2S2/c1-6(12)10-7-4-3-5-8(13)9(7)11(14-2)15-10/h3-5H2,1-2H3. The second-order valence-corrected chi connectivity index (χ2v) is 5.70. The van der Waals surface area contributed by atoms with Crippen LogP contribution >= 0.6 is 23.1 Å². The van der Waals surface area contributed by atoms with Crippen molar-refractivity contribution in [3.05, 3.63) is 16.0 Å². The lowest BCUT2D eigenvalue weighted by Gasteiger charge is -2.11. The van der Waals surface area contributed by atoms with Gasteiger partial charge in [-0.2, -0.15) is 0 Å². The SMILES string of the molecule is CSc1sc(C(C)=O)c2c1C(=O)CCC2. The fourth-order valence-electron chi connectivity index (χ4n) is 1.94. The maximum absolute atomic E-state index is 11.8. The van der Waals surface area contributed by atoms with Crippen molar-refractivity contribution in [2.75, 3.05) is 6.26 Å². The first kappa shape index (κ1) is 10.9. The van der Waals surface area contributed by atoms with E-state index in [1.807, 2.05) is 6.26 Å². The maximum Gasteiger partial charge on any atom is 0.170 e. The van der Waals surface area contributed by atoms with Gasteiger partial charge in [0.25, 0.3) is 0 Å². The van der Waals surface area contributed by atoms with Gasteiger partial charge in [-0.15, -0.1) is 23.1 Å². The molecule has 0 spiro atoms. The number of carbonyl (C=O) groups is 2. The highest BCUT2D eigenvalue weighted by molar-refractivity contribution is 8.00. The molecule has 2 nitrogen and oxygen atoms in total. The molecule has 0 N–H and O–H groups in total. The second kappa shape index (κ2) is 4.10. The molecular formula is C11H12O2S2. The van der Waals surface area contributed by atoms with Crippen molar-refractivity contribution >= 4 is 34.7 Å². The Morgan fingerprint density at radius 2 is 2.13 bits per heavy atom. The van der Waals surface area contributed by atoms with Gasteiger partial charge in [-0.1, -0.05) is 0 Å². The van der Waals surface area contributed by atoms with Crippen LogP contribution in [0, 0.1) is 0 Å². The first-order chi connectivity index (χ1) is 7.15. The van der Waals surface area contributed by atoms with Gasteiger partial charge < -0.3 is 0 Å². The minimum absolute atomic E-state index is 0.0891. The van der Waals surface area contributed by atoms with E-state index in [0.29, 0.717) is 6.42 Å². The van der Waals surface area contributed by atoms with Gasteiger partial charge in [0.15, 0.2) is 11.6 Å². The molecule has 0 amide bonds. The van der Waals surface area contributed by atoms with Gasteiger partial charge in [0.2, 0.25) is 0 Å². The summed E-state index contributed by atoms with van der Waals surface area (Å²) in [6.07, 6.45) is 4.36. The minimum Gasteiger partial charge on any atom is -0.294 e. The van der Waals surface area contributed by atoms with Crippen molar-refractivity contribution in [3.8, 4) is 0 Å². The van der Waals surface area contributed by atoms with Crippen LogP contribution in [0.2, 0.25) is 0 Å². The Morgan fingerprint density at radius 1 is 1.40 bits per heavy atom. The molecule has 0 unspecified atom stereocenters. The first-order valence-electron chi connectivity index (χ1n) is 4.89. The summed E-state index contributed by atoms with van der Waals surface area (Å²) < 4.78 is 1.01. The highest BCUT2D eigenvalue weighted by Crippen LogP contribution is 2.39. The molecule has 0 aliphatic heterocycles. The summed E-state index contributed by atoms with van der Waals surface area (Å²) >= 11 is 3.05. The molecule has 15 heavy (non-hydrogen) atoms. The molecule has 0 saturated heterocycles. The van der Waals surface area contributed by atoms with Gasteiger partial charge in [0.1, 0.15) is 0 Å². The van der Waals surface area contributed by atoms with Crippen LogP contribution in [0.15, 0.2) is 4.21 Å². The summed E-state index contributed by atoms with van der Waals surface area (Å²) in [5, 5.41) is 0. The molecule has 1 aliphatic carbocycles. The predicted molar refractivity (Wildman–Crippen MR) is 63.4 cm³/mol. The lowest BCUT2D eigenvalue weighted by atomic mass is 9.92. The van der Waals surface area contributed by atoms with E-state index in [4.69, 9.17) is 0 Å². The Bertz CT molecular complexity index is 432. The number of rotatable bonds is 2. The van der Waals surface area contributed by atoms with Gasteiger partial charge in [-0.3, -0.25) is 9.59 Å². The smallest absolute Gasteiger partial charge is 0.170 e. The lowest BCUT2D eigenvalue weighted by molar-refractivity contribution is 0.0970. The number of ketones is 2. The van der Waals surface area contributed by atoms with Crippen LogP contribution in [0.3, 0.4) is 0 Å². The van der Waals surface area contributed by atoms with E-state index >= 15 is 0 Å². The normalized spacial score (nSPS) is 15.2. The molecule has 0 aromatic carbocycles. The van der Waals surface area contributed by atoms with E-state index in [2.05, 4.69) is 0 Å². The topological polar surface area (TPSA) is 34.1 Å². The molecule has 1 heterocycles. The molecule has 0 saturated carbocycles. The average molecular weight is 240 g/mol. The Kier molecular flexibility index (Phi) is 2.98. The third kappa shape index (κ3) is 1.76. The number of Topliss-reactive ketones (excluding diaryl/α,β-unsaturated/α-hetero) is 2. The van der Waals surface area contributed by atoms with Gasteiger partial charge in [0, 0.05) is 12.0 Å². The summed E-state index contributed by atoms with van der Waals surface area (Å²) in [6.45, 7) is 1.58. The Labute approximate surface area is 97.1 Å². The fraction of sp³-hybridized carbons (Fsp3) is 0.455. The summed E-state index contributed by atoms with van der Waals surface area (Å²) in [5.41, 5.74) is 1.84. The number of thioether (sulfide) groups is 1. The van der Waals surface area contributed by atoms with Gasteiger partial charge in [-0.05, 0) is 31.6 Å². The molecule has 2 rings (SSSR count). The zero-order valence-electron chi connectivity index (χ0n) is 8.75. The summed E-state index contributed by atoms with van der Waals surface area (Å²) in [7, 11) is 0. The van der Waals surface area contributed by atoms with Crippen LogP contribution in [0.25, 0.3) is 0 Å². The van der Waals surface area contributed by atoms with Gasteiger partial charge >= 0.3 is 0 Å². The van der Waals surface area contributed by atoms with Crippen molar-refractivity contribution in [1.82, 2.24) is 0 Å². The fourth-order valence-corrected chi connectivity index (χ4v) is 3.96. The summed E-state index contributed by atoms with van der Waals surface area (Å²) in [6, 6.07) is 0. The largest absolute Gasteiger partial charge is 0.294 e. The first-order valence-corrected chi connectivity index (χ1v) is 6.93. The van der Waals surface area contributed by atoms with Gasteiger partial charge in [-0.25, -0.2) is 0 Å². The molecule has 1 aromatic heterocycles. The molecule has 4 heteroatoms. The van der Waals surface area contributed by atoms with Crippen LogP contribution in [-0.4, -0.2) is 17.8 Å². The number of fused-ring (bicyclic) bond motifs is 1. The maximum atomic E-state index is 11.8. The Balaban J connectivity index is 2.62. The van der Waals surface area contributed by atoms with E-state index in [9.17, 15) is 9.59 Å². The number of thiophene rings is 1. The summed E-state index contributed by atoms with van der Waals surface area (Å²) in [5.74, 6) is 0.301. The molecule has 0 radical (unpaired) electrons. The number of hydrogen-bond acceptors (Lipinski definition) is 4. The lowest BCUT2D eigenvalue weighted by Crippen LogP contribution is -2.11. The van der Waals surface area contributed by atoms with E-state index in [-0.39, 0.29) is 11.6 Å². The molecule has 0 fully saturated rings. The van der Waals surface area contributed by atoms with Crippen LogP contribution in [0.1, 0.15) is 45.4 Å². The van der Waals surface area contributed by atoms with E-state index < -0.39 is 0 Å². The van der Waals surface area contributed by atoms with E-state index in [1.165, 1.54) is 11.3 Å². The van der Waals surface area contributed by atoms with Crippen molar-refractivity contribution in [2.24, 2.45) is 0 Å². The van der Waals surface area contributed by atoms with Crippen molar-refractivity contribution < 1.29 is 9.59 Å². The van der Waals surface area contributed by atoms with Crippen molar-refractivity contribution in [2.45, 2.75) is 30.4 Å². The van der Waals surface area contributed by atoms with Crippen LogP contribution < -0.4 is 0 Å². The number of hydrogen-bond donors (Lipinski definition) is 0. The zero-order valence-corrected chi connectivity index (χ0v) is 10.4. The van der Waals surface area contributed by atoms with Crippen LogP contribution in [0.5, 0.6) is 0 Å². The second-order valence-electron chi connectivity index (χ2n) is 3.61. The third-order valence-corrected chi connectivity index (χ3v) is 5.04. The predicted octanol–water partition coefficient (Wildman–Crippen LogP) is 3.19. The molecule has 0 bridgehead atoms. The van der Waals surface area contributed by atoms with Crippen molar-refractivity contribution in [3.63, 3.8) is 0 Å². The molecule has 80 valence electrons. The quantitative estimate of drug-likeness (QED) is 0.588. The molecular weight excluding hydrogens is 228 g/mol. The Hall–Kier alpha value is -0.610. The van der Waals surface area contributed by atoms with Crippen molar-refractivity contribution in [1.29, 1.82) is 0 Å². The van der Waals surface area contributed by atoms with Crippen LogP contribution in [0.4, 0.5) is 0 Å². The minimum atomic E-state index is 0.0891. The molecule has 0 atom stereocenters. The Morgan fingerprint density at radius 3 is 2.73 bits per heavy atom. The van der Waals surface area contributed by atoms with Crippen LogP contribution in [-0.2, 0) is 6.42 Å². The third-order valence-electron chi connectivity index (χ3n) is 2.59. The highest BCUT2D eigenvalue weighted by atomic mass is 32.2. The summed E-state index contributed by atoms with van der Waals surface area (Å²) in [4.78, 5) is 24.0. The van der Waals surface area contributed by atoms with E-state index in [1.54, 1.807) is 18.7 Å². The van der Waals surface area contributed by atoms with E-state index in [0.717, 1.165) is 33.1 Å². The monoisotopic (exact) mass is 240 g/mol. The molecule has 1 aliphatic rings. The van der Waals surface area contributed by atoms with Gasteiger partial charge in [0.05, 0.1) is 9.09 Å².